The van der Waals surface area contributed by atoms with E-state index in [0.717, 1.165) is 18.1 Å². The Morgan fingerprint density at radius 1 is 1.50 bits per heavy atom. The van der Waals surface area contributed by atoms with Crippen LogP contribution in [0.25, 0.3) is 0 Å². The second-order valence-corrected chi connectivity index (χ2v) is 4.63. The first kappa shape index (κ1) is 14.4. The van der Waals surface area contributed by atoms with Gasteiger partial charge < -0.3 is 15.7 Å². The van der Waals surface area contributed by atoms with E-state index in [1.165, 1.54) is 0 Å². The summed E-state index contributed by atoms with van der Waals surface area (Å²) in [4.78, 5) is 6.59. The van der Waals surface area contributed by atoms with Crippen molar-refractivity contribution in [2.45, 2.75) is 33.2 Å². The van der Waals surface area contributed by atoms with Crippen molar-refractivity contribution in [3.8, 4) is 0 Å². The molecule has 0 aliphatic heterocycles. The predicted molar refractivity (Wildman–Crippen MR) is 74.2 cm³/mol. The minimum Gasteiger partial charge on any atom is -0.396 e. The van der Waals surface area contributed by atoms with E-state index in [-0.39, 0.29) is 18.5 Å². The van der Waals surface area contributed by atoms with Crippen LogP contribution in [0.3, 0.4) is 0 Å². The van der Waals surface area contributed by atoms with Crippen molar-refractivity contribution in [2.75, 3.05) is 18.1 Å². The van der Waals surface area contributed by atoms with Crippen molar-refractivity contribution >= 4 is 11.7 Å². The summed E-state index contributed by atoms with van der Waals surface area (Å²) < 4.78 is 0. The van der Waals surface area contributed by atoms with E-state index in [4.69, 9.17) is 16.2 Å². The zero-order chi connectivity index (χ0) is 13.7. The molecule has 0 saturated heterocycles. The lowest BCUT2D eigenvalue weighted by Gasteiger charge is -2.28. The third-order valence-corrected chi connectivity index (χ3v) is 2.73. The number of nitrogens with one attached hydrogen (secondary N) is 1. The normalized spacial score (nSPS) is 10.7. The average Bonchev–Trinajstić information content (AvgIpc) is 2.28. The summed E-state index contributed by atoms with van der Waals surface area (Å²) in [6.45, 7) is 6.95. The largest absolute Gasteiger partial charge is 0.396 e. The molecule has 1 heterocycles. The van der Waals surface area contributed by atoms with Crippen molar-refractivity contribution in [3.05, 3.63) is 23.4 Å². The number of aromatic nitrogens is 1. The third kappa shape index (κ3) is 3.70. The van der Waals surface area contributed by atoms with Crippen LogP contribution in [-0.4, -0.2) is 35.1 Å². The molecule has 0 unspecified atom stereocenters. The average molecular weight is 250 g/mol. The van der Waals surface area contributed by atoms with Crippen LogP contribution >= 0.6 is 0 Å². The van der Waals surface area contributed by atoms with Gasteiger partial charge in [-0.05, 0) is 39.3 Å². The van der Waals surface area contributed by atoms with E-state index < -0.39 is 0 Å². The first-order valence-corrected chi connectivity index (χ1v) is 6.16. The molecule has 0 saturated carbocycles. The van der Waals surface area contributed by atoms with Crippen molar-refractivity contribution < 1.29 is 5.11 Å². The van der Waals surface area contributed by atoms with Gasteiger partial charge in [0.15, 0.2) is 0 Å². The SMILES string of the molecule is Cc1cc(C(=N)N)cc(N(CCCO)C(C)C)n1. The number of rotatable bonds is 6. The number of pyridine rings is 1. The van der Waals surface area contributed by atoms with Crippen LogP contribution in [0.2, 0.25) is 0 Å². The third-order valence-electron chi connectivity index (χ3n) is 2.73. The molecule has 0 spiro atoms. The van der Waals surface area contributed by atoms with Crippen molar-refractivity contribution in [1.29, 1.82) is 5.41 Å². The summed E-state index contributed by atoms with van der Waals surface area (Å²) in [5.74, 6) is 0.858. The van der Waals surface area contributed by atoms with Gasteiger partial charge in [0.05, 0.1) is 0 Å². The number of anilines is 1. The Morgan fingerprint density at radius 3 is 2.67 bits per heavy atom. The molecule has 5 heteroatoms. The van der Waals surface area contributed by atoms with Crippen LogP contribution < -0.4 is 10.6 Å². The summed E-state index contributed by atoms with van der Waals surface area (Å²) >= 11 is 0. The maximum atomic E-state index is 8.94. The van der Waals surface area contributed by atoms with Gasteiger partial charge in [0.25, 0.3) is 0 Å². The molecule has 18 heavy (non-hydrogen) atoms. The molecule has 1 rings (SSSR count). The Kier molecular flexibility index (Phi) is 5.09. The Hall–Kier alpha value is -1.62. The highest BCUT2D eigenvalue weighted by atomic mass is 16.3. The Labute approximate surface area is 108 Å². The van der Waals surface area contributed by atoms with Gasteiger partial charge in [-0.25, -0.2) is 4.98 Å². The molecule has 1 aromatic heterocycles. The van der Waals surface area contributed by atoms with Crippen molar-refractivity contribution in [3.63, 3.8) is 0 Å². The molecular formula is C13H22N4O. The summed E-state index contributed by atoms with van der Waals surface area (Å²) in [5, 5.41) is 16.4. The smallest absolute Gasteiger partial charge is 0.129 e. The molecule has 0 fully saturated rings. The summed E-state index contributed by atoms with van der Waals surface area (Å²) in [6.07, 6.45) is 0.698. The zero-order valence-corrected chi connectivity index (χ0v) is 11.3. The molecule has 100 valence electrons. The molecule has 0 aliphatic carbocycles. The minimum absolute atomic E-state index is 0.0487. The van der Waals surface area contributed by atoms with E-state index in [9.17, 15) is 0 Å². The highest BCUT2D eigenvalue weighted by molar-refractivity contribution is 5.95. The number of aryl methyl sites for hydroxylation is 1. The Bertz CT molecular complexity index is 417. The second kappa shape index (κ2) is 6.35. The van der Waals surface area contributed by atoms with E-state index >= 15 is 0 Å². The van der Waals surface area contributed by atoms with E-state index in [1.54, 1.807) is 6.07 Å². The van der Waals surface area contributed by atoms with Gasteiger partial charge in [-0.2, -0.15) is 0 Å². The summed E-state index contributed by atoms with van der Waals surface area (Å²) in [5.41, 5.74) is 7.05. The molecule has 0 aliphatic rings. The van der Waals surface area contributed by atoms with Crippen LogP contribution in [0.5, 0.6) is 0 Å². The lowest BCUT2D eigenvalue weighted by atomic mass is 10.2. The van der Waals surface area contributed by atoms with Crippen LogP contribution in [0.4, 0.5) is 5.82 Å². The van der Waals surface area contributed by atoms with Gasteiger partial charge in [0, 0.05) is 30.5 Å². The Balaban J connectivity index is 3.07. The monoisotopic (exact) mass is 250 g/mol. The van der Waals surface area contributed by atoms with Crippen LogP contribution in [0.1, 0.15) is 31.5 Å². The lowest BCUT2D eigenvalue weighted by molar-refractivity contribution is 0.288. The summed E-state index contributed by atoms with van der Waals surface area (Å²) in [6, 6.07) is 3.91. The molecule has 0 atom stereocenters. The molecule has 5 nitrogen and oxygen atoms in total. The number of aliphatic hydroxyl groups is 1. The van der Waals surface area contributed by atoms with Crippen molar-refractivity contribution in [2.24, 2.45) is 5.73 Å². The second-order valence-electron chi connectivity index (χ2n) is 4.63. The number of hydrogen-bond donors (Lipinski definition) is 3. The number of nitrogens with zero attached hydrogens (tertiary/aromatic N) is 2. The molecule has 4 N–H and O–H groups in total. The van der Waals surface area contributed by atoms with Gasteiger partial charge >= 0.3 is 0 Å². The first-order chi connectivity index (χ1) is 8.45. The molecule has 1 aromatic rings. The lowest BCUT2D eigenvalue weighted by Crippen LogP contribution is -2.33. The fourth-order valence-electron chi connectivity index (χ4n) is 1.83. The quantitative estimate of drug-likeness (QED) is 0.524. The van der Waals surface area contributed by atoms with Gasteiger partial charge in [0.2, 0.25) is 0 Å². The maximum Gasteiger partial charge on any atom is 0.129 e. The fourth-order valence-corrected chi connectivity index (χ4v) is 1.83. The fraction of sp³-hybridized carbons (Fsp3) is 0.538. The zero-order valence-electron chi connectivity index (χ0n) is 11.3. The molecule has 0 radical (unpaired) electrons. The maximum absolute atomic E-state index is 8.94. The molecule has 0 aromatic carbocycles. The Morgan fingerprint density at radius 2 is 2.17 bits per heavy atom. The van der Waals surface area contributed by atoms with E-state index in [0.29, 0.717) is 12.0 Å². The molecular weight excluding hydrogens is 228 g/mol. The highest BCUT2D eigenvalue weighted by Gasteiger charge is 2.13. The van der Waals surface area contributed by atoms with Gasteiger partial charge in [-0.1, -0.05) is 0 Å². The standard InChI is InChI=1S/C13H22N4O/c1-9(2)17(5-4-6-18)12-8-11(13(14)15)7-10(3)16-12/h7-9,18H,4-6H2,1-3H3,(H3,14,15). The number of aliphatic hydroxyl groups excluding tert-OH is 1. The van der Waals surface area contributed by atoms with Crippen molar-refractivity contribution in [1.82, 2.24) is 4.98 Å². The van der Waals surface area contributed by atoms with Gasteiger partial charge in [-0.3, -0.25) is 5.41 Å². The van der Waals surface area contributed by atoms with Gasteiger partial charge in [-0.15, -0.1) is 0 Å². The number of hydrogen-bond acceptors (Lipinski definition) is 4. The highest BCUT2D eigenvalue weighted by Crippen LogP contribution is 2.17. The number of nitrogen functional groups attached to an aromatic ring is 1. The predicted octanol–water partition coefficient (Wildman–Crippen LogP) is 1.27. The summed E-state index contributed by atoms with van der Waals surface area (Å²) in [7, 11) is 0. The molecule has 0 amide bonds. The van der Waals surface area contributed by atoms with Crippen LogP contribution in [-0.2, 0) is 0 Å². The topological polar surface area (TPSA) is 86.2 Å². The van der Waals surface area contributed by atoms with E-state index in [2.05, 4.69) is 23.7 Å². The number of nitrogens with two attached hydrogens (primary N) is 1. The van der Waals surface area contributed by atoms with E-state index in [1.807, 2.05) is 13.0 Å². The number of amidine groups is 1. The van der Waals surface area contributed by atoms with Crippen LogP contribution in [0, 0.1) is 12.3 Å². The minimum atomic E-state index is 0.0487. The molecule has 0 bridgehead atoms. The van der Waals surface area contributed by atoms with Crippen LogP contribution in [0.15, 0.2) is 12.1 Å². The first-order valence-electron chi connectivity index (χ1n) is 6.16. The van der Waals surface area contributed by atoms with Gasteiger partial charge in [0.1, 0.15) is 11.7 Å².